The second kappa shape index (κ2) is 7.38. The Morgan fingerprint density at radius 3 is 2.90 bits per heavy atom. The van der Waals surface area contributed by atoms with Gasteiger partial charge in [-0.15, -0.1) is 11.3 Å². The monoisotopic (exact) mass is 422 g/mol. The molecule has 1 aliphatic rings. The van der Waals surface area contributed by atoms with Crippen LogP contribution < -0.4 is 5.32 Å². The van der Waals surface area contributed by atoms with Crippen LogP contribution in [0.3, 0.4) is 0 Å². The Morgan fingerprint density at radius 2 is 2.30 bits per heavy atom. The molecule has 0 aromatic carbocycles. The van der Waals surface area contributed by atoms with Gasteiger partial charge in [-0.25, -0.2) is 0 Å². The van der Waals surface area contributed by atoms with Crippen molar-refractivity contribution < 1.29 is 4.79 Å². The molecule has 3 nitrogen and oxygen atoms in total. The first-order valence-electron chi connectivity index (χ1n) is 6.95. The highest BCUT2D eigenvalue weighted by molar-refractivity contribution is 9.12. The molecule has 2 rings (SSSR count). The number of thiophene rings is 1. The molecule has 1 aromatic heterocycles. The van der Waals surface area contributed by atoms with E-state index >= 15 is 0 Å². The Kier molecular flexibility index (Phi) is 6.08. The summed E-state index contributed by atoms with van der Waals surface area (Å²) in [5, 5.41) is 3.48. The summed E-state index contributed by atoms with van der Waals surface area (Å²) in [4.78, 5) is 14.6. The minimum absolute atomic E-state index is 0.146. The Hall–Kier alpha value is 0.0900. The van der Waals surface area contributed by atoms with Crippen LogP contribution in [0.2, 0.25) is 0 Å². The number of rotatable bonds is 4. The zero-order chi connectivity index (χ0) is 14.7. The van der Waals surface area contributed by atoms with E-state index in [9.17, 15) is 4.79 Å². The molecule has 1 N–H and O–H groups in total. The average Bonchev–Trinajstić information content (AvgIpc) is 2.75. The number of likely N-dealkylation sites (tertiary alicyclic amines) is 1. The van der Waals surface area contributed by atoms with Gasteiger partial charge in [0.05, 0.1) is 13.1 Å². The lowest BCUT2D eigenvalue weighted by Gasteiger charge is -2.33. The van der Waals surface area contributed by atoms with Crippen molar-refractivity contribution in [2.45, 2.75) is 32.7 Å². The maximum atomic E-state index is 12.6. The molecule has 0 saturated carbocycles. The Bertz CT molecular complexity index is 476. The number of nitrogens with zero attached hydrogens (tertiary/aromatic N) is 1. The fraction of sp³-hybridized carbons (Fsp3) is 0.643. The summed E-state index contributed by atoms with van der Waals surface area (Å²) in [6, 6.07) is 2.41. The predicted molar refractivity (Wildman–Crippen MR) is 91.5 cm³/mol. The smallest absolute Gasteiger partial charge is 0.255 e. The molecule has 112 valence electrons. The van der Waals surface area contributed by atoms with Crippen LogP contribution in [0.15, 0.2) is 13.6 Å². The highest BCUT2D eigenvalue weighted by Crippen LogP contribution is 2.33. The van der Waals surface area contributed by atoms with Crippen molar-refractivity contribution in [1.82, 2.24) is 10.2 Å². The second-order valence-electron chi connectivity index (χ2n) is 5.56. The molecular weight excluding hydrogens is 404 g/mol. The third-order valence-electron chi connectivity index (χ3n) is 3.51. The molecule has 0 spiro atoms. The quantitative estimate of drug-likeness (QED) is 0.789. The molecule has 0 aliphatic carbocycles. The average molecular weight is 424 g/mol. The first kappa shape index (κ1) is 16.5. The molecule has 1 unspecified atom stereocenters. The molecule has 0 bridgehead atoms. The number of amides is 1. The van der Waals surface area contributed by atoms with Gasteiger partial charge in [-0.1, -0.05) is 13.8 Å². The molecule has 0 radical (unpaired) electrons. The summed E-state index contributed by atoms with van der Waals surface area (Å²) < 4.78 is 1.90. The van der Waals surface area contributed by atoms with Crippen LogP contribution in [0.5, 0.6) is 0 Å². The molecule has 1 aliphatic heterocycles. The number of carbonyl (C=O) groups excluding carboxylic acids is 1. The van der Waals surface area contributed by atoms with Gasteiger partial charge in [0, 0.05) is 19.1 Å². The Balaban J connectivity index is 1.98. The van der Waals surface area contributed by atoms with Gasteiger partial charge in [0.2, 0.25) is 0 Å². The first-order chi connectivity index (χ1) is 9.47. The van der Waals surface area contributed by atoms with E-state index in [2.05, 4.69) is 51.0 Å². The van der Waals surface area contributed by atoms with Crippen LogP contribution in [-0.2, 0) is 0 Å². The van der Waals surface area contributed by atoms with Crippen LogP contribution in [0.1, 0.15) is 37.0 Å². The van der Waals surface area contributed by atoms with Gasteiger partial charge in [-0.3, -0.25) is 4.79 Å². The van der Waals surface area contributed by atoms with Crippen LogP contribution in [-0.4, -0.2) is 36.5 Å². The molecule has 1 fully saturated rings. The van der Waals surface area contributed by atoms with Gasteiger partial charge in [-0.2, -0.15) is 0 Å². The summed E-state index contributed by atoms with van der Waals surface area (Å²) in [6.45, 7) is 7.04. The molecule has 2 heterocycles. The van der Waals surface area contributed by atoms with Crippen LogP contribution in [0, 0.1) is 5.92 Å². The van der Waals surface area contributed by atoms with Crippen LogP contribution in [0.25, 0.3) is 0 Å². The van der Waals surface area contributed by atoms with Crippen molar-refractivity contribution in [3.63, 3.8) is 0 Å². The third-order valence-corrected chi connectivity index (χ3v) is 5.85. The van der Waals surface area contributed by atoms with E-state index in [4.69, 9.17) is 0 Å². The van der Waals surface area contributed by atoms with E-state index in [1.807, 2.05) is 11.0 Å². The number of piperidine rings is 1. The third kappa shape index (κ3) is 4.29. The summed E-state index contributed by atoms with van der Waals surface area (Å²) in [5.41, 5.74) is 0.777. The fourth-order valence-electron chi connectivity index (χ4n) is 2.47. The van der Waals surface area contributed by atoms with Gasteiger partial charge in [0.1, 0.15) is 0 Å². The standard InChI is InChI=1S/C14H20Br2N2OS/c1-9(2)17-7-10-4-3-5-18(8-10)14(19)11-6-12(15)20-13(11)16/h6,9-10,17H,3-5,7-8H2,1-2H3. The predicted octanol–water partition coefficient (Wildman–Crippen LogP) is 4.12. The molecule has 1 atom stereocenters. The van der Waals surface area contributed by atoms with Gasteiger partial charge >= 0.3 is 0 Å². The van der Waals surface area contributed by atoms with Crippen molar-refractivity contribution in [2.24, 2.45) is 5.92 Å². The normalized spacial score (nSPS) is 19.6. The first-order valence-corrected chi connectivity index (χ1v) is 9.35. The number of halogens is 2. The van der Waals surface area contributed by atoms with E-state index in [-0.39, 0.29) is 5.91 Å². The van der Waals surface area contributed by atoms with Crippen molar-refractivity contribution in [2.75, 3.05) is 19.6 Å². The summed E-state index contributed by atoms with van der Waals surface area (Å²) in [6.07, 6.45) is 2.30. The lowest BCUT2D eigenvalue weighted by atomic mass is 9.97. The van der Waals surface area contributed by atoms with Gasteiger partial charge in [-0.05, 0) is 63.2 Å². The number of hydrogen-bond acceptors (Lipinski definition) is 3. The summed E-state index contributed by atoms with van der Waals surface area (Å²) >= 11 is 8.46. The zero-order valence-electron chi connectivity index (χ0n) is 11.8. The Labute approximate surface area is 141 Å². The molecule has 1 aromatic rings. The van der Waals surface area contributed by atoms with E-state index in [0.29, 0.717) is 12.0 Å². The highest BCUT2D eigenvalue weighted by atomic mass is 79.9. The molecule has 20 heavy (non-hydrogen) atoms. The molecule has 1 amide bonds. The van der Waals surface area contributed by atoms with Gasteiger partial charge < -0.3 is 10.2 Å². The second-order valence-corrected chi connectivity index (χ2v) is 9.31. The fourth-order valence-corrected chi connectivity index (χ4v) is 5.25. The SMILES string of the molecule is CC(C)NCC1CCCN(C(=O)c2cc(Br)sc2Br)C1. The van der Waals surface area contributed by atoms with Crippen molar-refractivity contribution >= 4 is 49.1 Å². The highest BCUT2D eigenvalue weighted by Gasteiger charge is 2.26. The lowest BCUT2D eigenvalue weighted by Crippen LogP contribution is -2.43. The Morgan fingerprint density at radius 1 is 1.55 bits per heavy atom. The number of carbonyl (C=O) groups is 1. The summed E-state index contributed by atoms with van der Waals surface area (Å²) in [7, 11) is 0. The van der Waals surface area contributed by atoms with Crippen LogP contribution in [0.4, 0.5) is 0 Å². The van der Waals surface area contributed by atoms with Crippen molar-refractivity contribution in [3.8, 4) is 0 Å². The summed E-state index contributed by atoms with van der Waals surface area (Å²) in [5.74, 6) is 0.712. The van der Waals surface area contributed by atoms with Gasteiger partial charge in [0.15, 0.2) is 0 Å². The van der Waals surface area contributed by atoms with E-state index in [1.165, 1.54) is 6.42 Å². The van der Waals surface area contributed by atoms with Crippen molar-refractivity contribution in [3.05, 3.63) is 19.2 Å². The largest absolute Gasteiger partial charge is 0.338 e. The number of hydrogen-bond donors (Lipinski definition) is 1. The van der Waals surface area contributed by atoms with E-state index < -0.39 is 0 Å². The maximum Gasteiger partial charge on any atom is 0.255 e. The molecular formula is C14H20Br2N2OS. The molecule has 6 heteroatoms. The topological polar surface area (TPSA) is 32.3 Å². The minimum Gasteiger partial charge on any atom is -0.338 e. The van der Waals surface area contributed by atoms with Gasteiger partial charge in [0.25, 0.3) is 5.91 Å². The van der Waals surface area contributed by atoms with E-state index in [1.54, 1.807) is 11.3 Å². The minimum atomic E-state index is 0.146. The molecule has 1 saturated heterocycles. The van der Waals surface area contributed by atoms with E-state index in [0.717, 1.165) is 39.2 Å². The lowest BCUT2D eigenvalue weighted by molar-refractivity contribution is 0.0672. The van der Waals surface area contributed by atoms with Crippen molar-refractivity contribution in [1.29, 1.82) is 0 Å². The van der Waals surface area contributed by atoms with Crippen LogP contribution >= 0.6 is 43.2 Å². The zero-order valence-corrected chi connectivity index (χ0v) is 15.8. The number of nitrogens with one attached hydrogen (secondary N) is 1. The maximum absolute atomic E-state index is 12.6.